The fraction of sp³-hybridized carbons (Fsp3) is 0.909. The molecule has 0 aliphatic heterocycles. The quantitative estimate of drug-likeness (QED) is 0.701. The van der Waals surface area contributed by atoms with Crippen LogP contribution in [0.5, 0.6) is 0 Å². The molecular weight excluding hydrogens is 162 g/mol. The predicted octanol–water partition coefficient (Wildman–Crippen LogP) is 2.58. The van der Waals surface area contributed by atoms with Gasteiger partial charge in [0.05, 0.1) is 0 Å². The van der Waals surface area contributed by atoms with Crippen LogP contribution < -0.4 is 5.32 Å². The third-order valence-electron chi connectivity index (χ3n) is 2.12. The standard InChI is InChI=1S/C11H23NO/c1-6-10(7-8(2)3)12-11(13)9(4)5/h8-10H,6-7H2,1-5H3,(H,12,13)/t10-/m1/s1. The molecule has 0 aromatic carbocycles. The zero-order valence-corrected chi connectivity index (χ0v) is 9.55. The number of hydrogen-bond donors (Lipinski definition) is 1. The molecule has 0 rings (SSSR count). The van der Waals surface area contributed by atoms with E-state index >= 15 is 0 Å². The van der Waals surface area contributed by atoms with Gasteiger partial charge in [0.1, 0.15) is 0 Å². The van der Waals surface area contributed by atoms with Gasteiger partial charge < -0.3 is 5.32 Å². The van der Waals surface area contributed by atoms with E-state index in [1.54, 1.807) is 0 Å². The maximum atomic E-state index is 11.4. The van der Waals surface area contributed by atoms with Crippen molar-refractivity contribution in [1.82, 2.24) is 5.32 Å². The van der Waals surface area contributed by atoms with Crippen molar-refractivity contribution in [2.24, 2.45) is 11.8 Å². The summed E-state index contributed by atoms with van der Waals surface area (Å²) in [5, 5.41) is 3.06. The summed E-state index contributed by atoms with van der Waals surface area (Å²) in [4.78, 5) is 11.4. The Kier molecular flexibility index (Phi) is 5.76. The van der Waals surface area contributed by atoms with Gasteiger partial charge in [-0.3, -0.25) is 4.79 Å². The first-order chi connectivity index (χ1) is 5.97. The van der Waals surface area contributed by atoms with Gasteiger partial charge in [-0.1, -0.05) is 34.6 Å². The molecule has 0 saturated carbocycles. The summed E-state index contributed by atoms with van der Waals surface area (Å²) in [5.74, 6) is 0.922. The Morgan fingerprint density at radius 2 is 1.77 bits per heavy atom. The normalized spacial score (nSPS) is 13.5. The van der Waals surface area contributed by atoms with Crippen LogP contribution in [0, 0.1) is 11.8 Å². The minimum atomic E-state index is 0.0983. The minimum absolute atomic E-state index is 0.0983. The first kappa shape index (κ1) is 12.5. The zero-order valence-electron chi connectivity index (χ0n) is 9.55. The second-order valence-corrected chi connectivity index (χ2v) is 4.40. The van der Waals surface area contributed by atoms with Gasteiger partial charge in [0.25, 0.3) is 0 Å². The maximum absolute atomic E-state index is 11.4. The molecule has 0 radical (unpaired) electrons. The summed E-state index contributed by atoms with van der Waals surface area (Å²) in [7, 11) is 0. The average Bonchev–Trinajstić information content (AvgIpc) is 2.02. The van der Waals surface area contributed by atoms with Gasteiger partial charge in [-0.2, -0.15) is 0 Å². The van der Waals surface area contributed by atoms with E-state index in [-0.39, 0.29) is 11.8 Å². The molecule has 0 bridgehead atoms. The molecule has 0 fully saturated rings. The lowest BCUT2D eigenvalue weighted by atomic mass is 10.0. The number of carbonyl (C=O) groups excluding carboxylic acids is 1. The molecule has 78 valence electrons. The molecule has 0 aliphatic carbocycles. The van der Waals surface area contributed by atoms with E-state index in [1.165, 1.54) is 0 Å². The van der Waals surface area contributed by atoms with Gasteiger partial charge in [-0.25, -0.2) is 0 Å². The second kappa shape index (κ2) is 6.01. The minimum Gasteiger partial charge on any atom is -0.353 e. The van der Waals surface area contributed by atoms with Crippen molar-refractivity contribution in [3.8, 4) is 0 Å². The van der Waals surface area contributed by atoms with Crippen molar-refractivity contribution in [1.29, 1.82) is 0 Å². The molecule has 1 atom stereocenters. The van der Waals surface area contributed by atoms with Crippen molar-refractivity contribution in [2.45, 2.75) is 53.5 Å². The van der Waals surface area contributed by atoms with Crippen LogP contribution in [0.2, 0.25) is 0 Å². The fourth-order valence-corrected chi connectivity index (χ4v) is 1.26. The third-order valence-corrected chi connectivity index (χ3v) is 2.12. The smallest absolute Gasteiger partial charge is 0.222 e. The molecule has 0 aromatic rings. The van der Waals surface area contributed by atoms with E-state index in [0.717, 1.165) is 12.8 Å². The van der Waals surface area contributed by atoms with Crippen LogP contribution in [-0.4, -0.2) is 11.9 Å². The monoisotopic (exact) mass is 185 g/mol. The van der Waals surface area contributed by atoms with E-state index in [9.17, 15) is 4.79 Å². The molecular formula is C11H23NO. The Bertz CT molecular complexity index is 152. The van der Waals surface area contributed by atoms with E-state index in [0.29, 0.717) is 12.0 Å². The van der Waals surface area contributed by atoms with Crippen LogP contribution >= 0.6 is 0 Å². The first-order valence-electron chi connectivity index (χ1n) is 5.27. The largest absolute Gasteiger partial charge is 0.353 e. The van der Waals surface area contributed by atoms with Gasteiger partial charge in [-0.05, 0) is 18.8 Å². The highest BCUT2D eigenvalue weighted by atomic mass is 16.1. The summed E-state index contributed by atoms with van der Waals surface area (Å²) in [6, 6.07) is 0.356. The maximum Gasteiger partial charge on any atom is 0.222 e. The molecule has 0 unspecified atom stereocenters. The van der Waals surface area contributed by atoms with Gasteiger partial charge >= 0.3 is 0 Å². The highest BCUT2D eigenvalue weighted by Crippen LogP contribution is 2.08. The summed E-state index contributed by atoms with van der Waals surface area (Å²) in [6.07, 6.45) is 2.10. The van der Waals surface area contributed by atoms with Crippen LogP contribution in [0.4, 0.5) is 0 Å². The fourth-order valence-electron chi connectivity index (χ4n) is 1.26. The molecule has 0 aromatic heterocycles. The highest BCUT2D eigenvalue weighted by Gasteiger charge is 2.13. The van der Waals surface area contributed by atoms with E-state index < -0.39 is 0 Å². The van der Waals surface area contributed by atoms with Gasteiger partial charge in [0.2, 0.25) is 5.91 Å². The predicted molar refractivity (Wildman–Crippen MR) is 56.5 cm³/mol. The lowest BCUT2D eigenvalue weighted by Crippen LogP contribution is -2.37. The van der Waals surface area contributed by atoms with E-state index in [1.807, 2.05) is 13.8 Å². The molecule has 1 N–H and O–H groups in total. The SMILES string of the molecule is CC[C@H](CC(C)C)NC(=O)C(C)C. The molecule has 1 amide bonds. The lowest BCUT2D eigenvalue weighted by molar-refractivity contribution is -0.124. The van der Waals surface area contributed by atoms with E-state index in [2.05, 4.69) is 26.1 Å². The molecule has 0 saturated heterocycles. The average molecular weight is 185 g/mol. The summed E-state index contributed by atoms with van der Waals surface area (Å²) in [5.41, 5.74) is 0. The molecule has 0 heterocycles. The van der Waals surface area contributed by atoms with Gasteiger partial charge in [0, 0.05) is 12.0 Å². The van der Waals surface area contributed by atoms with Crippen LogP contribution in [0.1, 0.15) is 47.5 Å². The molecule has 2 heteroatoms. The Morgan fingerprint density at radius 3 is 2.08 bits per heavy atom. The number of carbonyl (C=O) groups is 1. The summed E-state index contributed by atoms with van der Waals surface area (Å²) < 4.78 is 0. The van der Waals surface area contributed by atoms with Gasteiger partial charge in [-0.15, -0.1) is 0 Å². The number of rotatable bonds is 5. The van der Waals surface area contributed by atoms with Crippen LogP contribution in [0.25, 0.3) is 0 Å². The Morgan fingerprint density at radius 1 is 1.23 bits per heavy atom. The Balaban J connectivity index is 3.90. The molecule has 2 nitrogen and oxygen atoms in total. The van der Waals surface area contributed by atoms with Crippen LogP contribution in [0.15, 0.2) is 0 Å². The lowest BCUT2D eigenvalue weighted by Gasteiger charge is -2.20. The highest BCUT2D eigenvalue weighted by molar-refractivity contribution is 5.78. The first-order valence-corrected chi connectivity index (χ1v) is 5.27. The third kappa shape index (κ3) is 5.67. The van der Waals surface area contributed by atoms with Gasteiger partial charge in [0.15, 0.2) is 0 Å². The summed E-state index contributed by atoms with van der Waals surface area (Å²) >= 11 is 0. The second-order valence-electron chi connectivity index (χ2n) is 4.40. The van der Waals surface area contributed by atoms with Crippen molar-refractivity contribution < 1.29 is 4.79 Å². The zero-order chi connectivity index (χ0) is 10.4. The van der Waals surface area contributed by atoms with Crippen molar-refractivity contribution in [3.05, 3.63) is 0 Å². The van der Waals surface area contributed by atoms with Crippen molar-refractivity contribution >= 4 is 5.91 Å². The van der Waals surface area contributed by atoms with Crippen molar-refractivity contribution in [3.63, 3.8) is 0 Å². The Labute approximate surface area is 82.1 Å². The van der Waals surface area contributed by atoms with Crippen LogP contribution in [-0.2, 0) is 4.79 Å². The molecule has 0 aliphatic rings. The number of nitrogens with one attached hydrogen (secondary N) is 1. The van der Waals surface area contributed by atoms with Crippen LogP contribution in [0.3, 0.4) is 0 Å². The Hall–Kier alpha value is -0.530. The number of hydrogen-bond acceptors (Lipinski definition) is 1. The van der Waals surface area contributed by atoms with Crippen molar-refractivity contribution in [2.75, 3.05) is 0 Å². The topological polar surface area (TPSA) is 29.1 Å². The summed E-state index contributed by atoms with van der Waals surface area (Å²) in [6.45, 7) is 10.3. The molecule has 13 heavy (non-hydrogen) atoms. The number of amides is 1. The van der Waals surface area contributed by atoms with E-state index in [4.69, 9.17) is 0 Å². The molecule has 0 spiro atoms.